The summed E-state index contributed by atoms with van der Waals surface area (Å²) in [5.41, 5.74) is 9.48. The molecule has 0 aliphatic heterocycles. The minimum Gasteiger partial charge on any atom is -0.493 e. The van der Waals surface area contributed by atoms with Crippen LogP contribution in [0, 0.1) is 5.82 Å². The molecule has 0 bridgehead atoms. The molecule has 1 aromatic carbocycles. The molecule has 0 aliphatic carbocycles. The Morgan fingerprint density at radius 1 is 1.05 bits per heavy atom. The SMILES string of the molecule is COc1cc(Nc2nc(Nc3nc(N(C)COP(=O)(O)O)c(OC(C)(C)C=O)c(N)c3N)c(F)c(=O)[nH]2)cc(OC)c1OC. The number of phosphoric acid groups is 1. The third-order valence-electron chi connectivity index (χ3n) is 5.67. The molecule has 0 amide bonds. The van der Waals surface area contributed by atoms with Crippen molar-refractivity contribution in [3.8, 4) is 23.0 Å². The summed E-state index contributed by atoms with van der Waals surface area (Å²) in [5, 5.41) is 5.32. The zero-order chi connectivity index (χ0) is 33.0. The number of carbonyl (C=O) groups excluding carboxylic acids is 1. The summed E-state index contributed by atoms with van der Waals surface area (Å²) in [7, 11) is 0.630. The number of phosphoric ester groups is 1. The highest BCUT2D eigenvalue weighted by Crippen LogP contribution is 2.44. The molecule has 9 N–H and O–H groups in total. The normalized spacial score (nSPS) is 11.5. The highest BCUT2D eigenvalue weighted by Gasteiger charge is 2.29. The van der Waals surface area contributed by atoms with Crippen LogP contribution in [0.3, 0.4) is 0 Å². The Bertz CT molecular complexity index is 1620. The quantitative estimate of drug-likeness (QED) is 0.0751. The van der Waals surface area contributed by atoms with Crippen LogP contribution < -0.4 is 51.5 Å². The Kier molecular flexibility index (Phi) is 10.1. The number of H-pyrrole nitrogens is 1. The van der Waals surface area contributed by atoms with Gasteiger partial charge in [-0.15, -0.1) is 0 Å². The van der Waals surface area contributed by atoms with Crippen molar-refractivity contribution in [1.29, 1.82) is 0 Å². The smallest absolute Gasteiger partial charge is 0.471 e. The first-order valence-corrected chi connectivity index (χ1v) is 13.9. The molecule has 0 fully saturated rings. The second kappa shape index (κ2) is 13.2. The van der Waals surface area contributed by atoms with Crippen LogP contribution in [0.5, 0.6) is 23.0 Å². The number of aromatic amines is 1. The predicted octanol–water partition coefficient (Wildman–Crippen LogP) is 1.84. The maximum atomic E-state index is 15.0. The number of halogens is 1. The van der Waals surface area contributed by atoms with E-state index in [0.717, 1.165) is 4.90 Å². The molecule has 20 heteroatoms. The summed E-state index contributed by atoms with van der Waals surface area (Å²) >= 11 is 0. The van der Waals surface area contributed by atoms with E-state index in [4.69, 9.17) is 40.2 Å². The number of aromatic nitrogens is 3. The molecule has 0 radical (unpaired) electrons. The van der Waals surface area contributed by atoms with Gasteiger partial charge in [-0.1, -0.05) is 0 Å². The highest BCUT2D eigenvalue weighted by molar-refractivity contribution is 7.46. The lowest BCUT2D eigenvalue weighted by Crippen LogP contribution is -2.32. The number of nitrogens with zero attached hydrogens (tertiary/aromatic N) is 3. The maximum absolute atomic E-state index is 15.0. The van der Waals surface area contributed by atoms with E-state index in [9.17, 15) is 18.5 Å². The van der Waals surface area contributed by atoms with Gasteiger partial charge in [0.25, 0.3) is 5.56 Å². The van der Waals surface area contributed by atoms with Crippen LogP contribution in [0.15, 0.2) is 16.9 Å². The average molecular weight is 643 g/mol. The molecule has 44 heavy (non-hydrogen) atoms. The van der Waals surface area contributed by atoms with Gasteiger partial charge in [0, 0.05) is 24.9 Å². The Morgan fingerprint density at radius 3 is 2.18 bits per heavy atom. The van der Waals surface area contributed by atoms with Crippen LogP contribution in [0.1, 0.15) is 13.8 Å². The lowest BCUT2D eigenvalue weighted by Gasteiger charge is -2.28. The minimum absolute atomic E-state index is 0.219. The third kappa shape index (κ3) is 7.75. The molecule has 0 saturated heterocycles. The first-order valence-electron chi connectivity index (χ1n) is 12.3. The van der Waals surface area contributed by atoms with Gasteiger partial charge < -0.3 is 55.7 Å². The van der Waals surface area contributed by atoms with Crippen LogP contribution in [0.4, 0.5) is 44.9 Å². The summed E-state index contributed by atoms with van der Waals surface area (Å²) in [6.45, 7) is 2.10. The molecule has 0 unspecified atom stereocenters. The molecule has 18 nitrogen and oxygen atoms in total. The zero-order valence-electron chi connectivity index (χ0n) is 24.4. The highest BCUT2D eigenvalue weighted by atomic mass is 31.2. The lowest BCUT2D eigenvalue weighted by atomic mass is 10.1. The first kappa shape index (κ1) is 33.7. The largest absolute Gasteiger partial charge is 0.493 e. The third-order valence-corrected chi connectivity index (χ3v) is 6.12. The van der Waals surface area contributed by atoms with E-state index in [-0.39, 0.29) is 46.2 Å². The van der Waals surface area contributed by atoms with Gasteiger partial charge in [-0.3, -0.25) is 19.1 Å². The van der Waals surface area contributed by atoms with Gasteiger partial charge in [0.2, 0.25) is 17.5 Å². The fourth-order valence-electron chi connectivity index (χ4n) is 3.55. The van der Waals surface area contributed by atoms with Gasteiger partial charge in [0.1, 0.15) is 18.1 Å². The van der Waals surface area contributed by atoms with Crippen molar-refractivity contribution in [2.75, 3.05) is 62.1 Å². The van der Waals surface area contributed by atoms with Crippen molar-refractivity contribution >= 4 is 54.6 Å². The number of nitrogens with one attached hydrogen (secondary N) is 3. The number of anilines is 7. The van der Waals surface area contributed by atoms with Crippen LogP contribution >= 0.6 is 7.82 Å². The van der Waals surface area contributed by atoms with Gasteiger partial charge in [-0.2, -0.15) is 9.37 Å². The second-order valence-electron chi connectivity index (χ2n) is 9.45. The molecule has 3 rings (SSSR count). The summed E-state index contributed by atoms with van der Waals surface area (Å²) in [6, 6.07) is 3.03. The Labute approximate surface area is 249 Å². The maximum Gasteiger partial charge on any atom is 0.471 e. The molecule has 0 aliphatic rings. The zero-order valence-corrected chi connectivity index (χ0v) is 25.3. The second-order valence-corrected chi connectivity index (χ2v) is 10.7. The fourth-order valence-corrected chi connectivity index (χ4v) is 3.88. The Balaban J connectivity index is 2.09. The van der Waals surface area contributed by atoms with Crippen LogP contribution in [-0.4, -0.2) is 71.7 Å². The van der Waals surface area contributed by atoms with Crippen LogP contribution in [0.2, 0.25) is 0 Å². The monoisotopic (exact) mass is 642 g/mol. The molecule has 0 atom stereocenters. The predicted molar refractivity (Wildman–Crippen MR) is 158 cm³/mol. The molecular weight excluding hydrogens is 610 g/mol. The molecule has 0 saturated carbocycles. The van der Waals surface area contributed by atoms with Crippen molar-refractivity contribution in [3.63, 3.8) is 0 Å². The molecular formula is C24H32FN8O10P. The molecule has 0 spiro atoms. The summed E-state index contributed by atoms with van der Waals surface area (Å²) < 4.78 is 52.4. The van der Waals surface area contributed by atoms with E-state index in [2.05, 4.69) is 30.1 Å². The van der Waals surface area contributed by atoms with Crippen LogP contribution in [0.25, 0.3) is 0 Å². The first-order chi connectivity index (χ1) is 20.5. The number of ether oxygens (including phenoxy) is 4. The molecule has 3 aromatic rings. The van der Waals surface area contributed by atoms with Crippen molar-refractivity contribution in [1.82, 2.24) is 15.0 Å². The van der Waals surface area contributed by atoms with Crippen molar-refractivity contribution in [2.24, 2.45) is 0 Å². The van der Waals surface area contributed by atoms with E-state index in [1.54, 1.807) is 0 Å². The number of nitrogens with two attached hydrogens (primary N) is 2. The van der Waals surface area contributed by atoms with Gasteiger partial charge in [-0.25, -0.2) is 9.55 Å². The Morgan fingerprint density at radius 2 is 1.66 bits per heavy atom. The summed E-state index contributed by atoms with van der Waals surface area (Å²) in [6.07, 6.45) is 0.475. The van der Waals surface area contributed by atoms with E-state index >= 15 is 0 Å². The van der Waals surface area contributed by atoms with Gasteiger partial charge >= 0.3 is 7.82 Å². The number of methoxy groups -OCH3 is 3. The van der Waals surface area contributed by atoms with Gasteiger partial charge in [0.15, 0.2) is 46.6 Å². The standard InChI is InChI=1S/C24H32FN8O10P/c1-24(2,9-34)43-18-15(26)16(27)20(30-21(18)33(3)10-42-44(36,37)38)29-19-14(25)22(35)32-23(31-19)28-11-7-12(39-4)17(41-6)13(8-11)40-5/h7-9H,10,27H2,1-6H3,(H2,36,37,38)(H5,26,28,29,30,31,32,35). The summed E-state index contributed by atoms with van der Waals surface area (Å²) in [4.78, 5) is 53.9. The van der Waals surface area contributed by atoms with Gasteiger partial charge in [-0.05, 0) is 13.8 Å². The number of pyridine rings is 1. The topological polar surface area (TPSA) is 259 Å². The number of benzene rings is 1. The lowest BCUT2D eigenvalue weighted by molar-refractivity contribution is -0.118. The Hall–Kier alpha value is -4.84. The van der Waals surface area contributed by atoms with Crippen molar-refractivity contribution in [2.45, 2.75) is 19.4 Å². The number of aldehydes is 1. The number of hydrogen-bond donors (Lipinski definition) is 7. The summed E-state index contributed by atoms with van der Waals surface area (Å²) in [5.74, 6) is -2.12. The number of hydrogen-bond acceptors (Lipinski definition) is 15. The van der Waals surface area contributed by atoms with E-state index in [1.165, 1.54) is 54.4 Å². The van der Waals surface area contributed by atoms with Crippen LogP contribution in [-0.2, 0) is 13.9 Å². The number of carbonyl (C=O) groups is 1. The van der Waals surface area contributed by atoms with Crippen molar-refractivity contribution in [3.05, 3.63) is 28.3 Å². The van der Waals surface area contributed by atoms with E-state index in [1.807, 2.05) is 0 Å². The fraction of sp³-hybridized carbons (Fsp3) is 0.333. The van der Waals surface area contributed by atoms with E-state index < -0.39 is 37.3 Å². The number of nitrogen functional groups attached to an aromatic ring is 2. The minimum atomic E-state index is -4.92. The van der Waals surface area contributed by atoms with Crippen molar-refractivity contribution < 1.29 is 47.0 Å². The average Bonchev–Trinajstić information content (AvgIpc) is 2.96. The molecule has 2 heterocycles. The molecule has 2 aromatic heterocycles. The van der Waals surface area contributed by atoms with Gasteiger partial charge in [0.05, 0.1) is 21.3 Å². The molecule has 240 valence electrons. The number of rotatable bonds is 14. The van der Waals surface area contributed by atoms with E-state index in [0.29, 0.717) is 17.7 Å².